The maximum atomic E-state index is 11.5. The summed E-state index contributed by atoms with van der Waals surface area (Å²) >= 11 is 0. The van der Waals surface area contributed by atoms with Gasteiger partial charge in [0.25, 0.3) is 0 Å². The molecule has 1 aromatic carbocycles. The predicted molar refractivity (Wildman–Crippen MR) is 54.4 cm³/mol. The Morgan fingerprint density at radius 1 is 1.43 bits per heavy atom. The van der Waals surface area contributed by atoms with Crippen molar-refractivity contribution in [2.45, 2.75) is 4.90 Å². The first-order valence-electron chi connectivity index (χ1n) is 3.90. The predicted octanol–water partition coefficient (Wildman–Crippen LogP) is 1.12. The lowest BCUT2D eigenvalue weighted by Crippen LogP contribution is -2.19. The minimum atomic E-state index is -3.54. The second-order valence-electron chi connectivity index (χ2n) is 2.65. The van der Waals surface area contributed by atoms with Crippen LogP contribution in [0.3, 0.4) is 0 Å². The lowest BCUT2D eigenvalue weighted by molar-refractivity contribution is 0.510. The van der Waals surface area contributed by atoms with Crippen LogP contribution < -0.4 is 4.72 Å². The number of hydrogen-bond donors (Lipinski definition) is 2. The molecule has 0 radical (unpaired) electrons. The number of sulfonamides is 1. The number of aliphatic hydroxyl groups excluding tert-OH is 1. The Morgan fingerprint density at radius 2 is 2.00 bits per heavy atom. The summed E-state index contributed by atoms with van der Waals surface area (Å²) in [5.74, 6) is -0.264. The zero-order valence-corrected chi connectivity index (χ0v) is 8.50. The number of rotatable bonds is 3. The first-order chi connectivity index (χ1) is 6.49. The van der Waals surface area contributed by atoms with E-state index in [9.17, 15) is 13.5 Å². The highest BCUT2D eigenvalue weighted by Crippen LogP contribution is 2.19. The van der Waals surface area contributed by atoms with Gasteiger partial charge in [-0.25, -0.2) is 13.1 Å². The van der Waals surface area contributed by atoms with Crippen LogP contribution in [0.25, 0.3) is 5.76 Å². The van der Waals surface area contributed by atoms with Crippen LogP contribution in [0.5, 0.6) is 0 Å². The molecule has 0 aromatic heterocycles. The lowest BCUT2D eigenvalue weighted by Gasteiger charge is -2.07. The van der Waals surface area contributed by atoms with Crippen LogP contribution in [-0.2, 0) is 10.0 Å². The highest BCUT2D eigenvalue weighted by atomic mass is 32.2. The summed E-state index contributed by atoms with van der Waals surface area (Å²) in [7, 11) is -2.23. The van der Waals surface area contributed by atoms with Gasteiger partial charge in [-0.05, 0) is 19.2 Å². The minimum absolute atomic E-state index is 0.0231. The average Bonchev–Trinajstić information content (AvgIpc) is 2.18. The summed E-state index contributed by atoms with van der Waals surface area (Å²) in [4.78, 5) is 0.0231. The van der Waals surface area contributed by atoms with Crippen LogP contribution in [-0.4, -0.2) is 20.6 Å². The molecule has 0 aliphatic rings. The Morgan fingerprint density at radius 3 is 2.50 bits per heavy atom. The van der Waals surface area contributed by atoms with Crippen molar-refractivity contribution in [3.05, 3.63) is 36.4 Å². The van der Waals surface area contributed by atoms with E-state index in [4.69, 9.17) is 0 Å². The molecule has 0 aliphatic carbocycles. The van der Waals surface area contributed by atoms with Crippen molar-refractivity contribution in [2.24, 2.45) is 0 Å². The van der Waals surface area contributed by atoms with Crippen molar-refractivity contribution in [3.63, 3.8) is 0 Å². The molecule has 1 aromatic rings. The van der Waals surface area contributed by atoms with Gasteiger partial charge in [0.05, 0.1) is 4.90 Å². The van der Waals surface area contributed by atoms with Gasteiger partial charge >= 0.3 is 0 Å². The van der Waals surface area contributed by atoms with E-state index in [-0.39, 0.29) is 16.2 Å². The first kappa shape index (κ1) is 10.7. The molecule has 1 rings (SSSR count). The van der Waals surface area contributed by atoms with Crippen LogP contribution in [0.2, 0.25) is 0 Å². The van der Waals surface area contributed by atoms with Crippen LogP contribution in [0.1, 0.15) is 5.56 Å². The Labute approximate surface area is 82.9 Å². The maximum Gasteiger partial charge on any atom is 0.241 e. The number of aliphatic hydroxyl groups is 1. The van der Waals surface area contributed by atoms with Gasteiger partial charge in [-0.1, -0.05) is 18.7 Å². The minimum Gasteiger partial charge on any atom is -0.508 e. The molecule has 0 unspecified atom stereocenters. The molecule has 0 fully saturated rings. The fraction of sp³-hybridized carbons (Fsp3) is 0.111. The molecule has 0 aliphatic heterocycles. The molecule has 4 nitrogen and oxygen atoms in total. The summed E-state index contributed by atoms with van der Waals surface area (Å²) in [6.45, 7) is 3.30. The van der Waals surface area contributed by atoms with Crippen molar-refractivity contribution in [1.29, 1.82) is 0 Å². The molecule has 76 valence electrons. The molecule has 0 bridgehead atoms. The van der Waals surface area contributed by atoms with Gasteiger partial charge in [-0.2, -0.15) is 0 Å². The number of nitrogens with one attached hydrogen (secondary N) is 1. The van der Waals surface area contributed by atoms with Gasteiger partial charge < -0.3 is 5.11 Å². The number of benzene rings is 1. The Hall–Kier alpha value is -1.33. The fourth-order valence-corrected chi connectivity index (χ4v) is 2.00. The summed E-state index contributed by atoms with van der Waals surface area (Å²) in [5.41, 5.74) is 0.210. The zero-order valence-electron chi connectivity index (χ0n) is 7.69. The van der Waals surface area contributed by atoms with Crippen molar-refractivity contribution in [2.75, 3.05) is 7.05 Å². The van der Waals surface area contributed by atoms with Crippen LogP contribution >= 0.6 is 0 Å². The summed E-state index contributed by atoms with van der Waals surface area (Å²) in [6.07, 6.45) is 0. The van der Waals surface area contributed by atoms with Gasteiger partial charge in [0.15, 0.2) is 0 Å². The van der Waals surface area contributed by atoms with Gasteiger partial charge in [0.2, 0.25) is 10.0 Å². The molecular weight excluding hydrogens is 202 g/mol. The number of hydrogen-bond acceptors (Lipinski definition) is 3. The second kappa shape index (κ2) is 3.81. The standard InChI is InChI=1S/C9H11NO3S/c1-7(11)8-5-3-4-6-9(8)14(12,13)10-2/h3-6,10-11H,1H2,2H3. The molecule has 0 saturated heterocycles. The molecular formula is C9H11NO3S. The van der Waals surface area contributed by atoms with E-state index in [1.165, 1.54) is 19.2 Å². The van der Waals surface area contributed by atoms with E-state index in [1.807, 2.05) is 0 Å². The third-order valence-corrected chi connectivity index (χ3v) is 3.23. The van der Waals surface area contributed by atoms with Crippen LogP contribution in [0.15, 0.2) is 35.7 Å². The quantitative estimate of drug-likeness (QED) is 0.739. The average molecular weight is 213 g/mol. The van der Waals surface area contributed by atoms with Crippen LogP contribution in [0, 0.1) is 0 Å². The summed E-state index contributed by atoms with van der Waals surface area (Å²) in [6, 6.07) is 6.11. The Kier molecular flexibility index (Phi) is 2.93. The van der Waals surface area contributed by atoms with E-state index in [0.29, 0.717) is 0 Å². The Balaban J connectivity index is 3.42. The van der Waals surface area contributed by atoms with Crippen molar-refractivity contribution in [1.82, 2.24) is 4.72 Å². The SMILES string of the molecule is C=C(O)c1ccccc1S(=O)(=O)NC. The first-order valence-corrected chi connectivity index (χ1v) is 5.38. The molecule has 0 spiro atoms. The molecule has 0 amide bonds. The molecule has 0 saturated carbocycles. The molecule has 0 heterocycles. The van der Waals surface area contributed by atoms with E-state index in [1.54, 1.807) is 12.1 Å². The van der Waals surface area contributed by atoms with Crippen LogP contribution in [0.4, 0.5) is 0 Å². The Bertz CT molecular complexity index is 451. The van der Waals surface area contributed by atoms with Gasteiger partial charge in [-0.15, -0.1) is 0 Å². The molecule has 0 atom stereocenters. The zero-order chi connectivity index (χ0) is 10.8. The normalized spacial score (nSPS) is 11.2. The summed E-state index contributed by atoms with van der Waals surface area (Å²) < 4.78 is 25.1. The van der Waals surface area contributed by atoms with E-state index in [2.05, 4.69) is 11.3 Å². The summed E-state index contributed by atoms with van der Waals surface area (Å²) in [5, 5.41) is 9.18. The van der Waals surface area contributed by atoms with Crippen molar-refractivity contribution in [3.8, 4) is 0 Å². The largest absolute Gasteiger partial charge is 0.508 e. The van der Waals surface area contributed by atoms with E-state index >= 15 is 0 Å². The highest BCUT2D eigenvalue weighted by Gasteiger charge is 2.16. The fourth-order valence-electron chi connectivity index (χ4n) is 1.05. The van der Waals surface area contributed by atoms with Crippen molar-refractivity contribution >= 4 is 15.8 Å². The second-order valence-corrected chi connectivity index (χ2v) is 4.51. The van der Waals surface area contributed by atoms with Gasteiger partial charge in [-0.3, -0.25) is 0 Å². The van der Waals surface area contributed by atoms with Gasteiger partial charge in [0, 0.05) is 5.56 Å². The third-order valence-electron chi connectivity index (χ3n) is 1.76. The smallest absolute Gasteiger partial charge is 0.241 e. The molecule has 2 N–H and O–H groups in total. The topological polar surface area (TPSA) is 66.4 Å². The maximum absolute atomic E-state index is 11.5. The van der Waals surface area contributed by atoms with Gasteiger partial charge in [0.1, 0.15) is 5.76 Å². The van der Waals surface area contributed by atoms with E-state index < -0.39 is 10.0 Å². The lowest BCUT2D eigenvalue weighted by atomic mass is 10.2. The molecule has 14 heavy (non-hydrogen) atoms. The van der Waals surface area contributed by atoms with Crippen molar-refractivity contribution < 1.29 is 13.5 Å². The highest BCUT2D eigenvalue weighted by molar-refractivity contribution is 7.89. The van der Waals surface area contributed by atoms with E-state index in [0.717, 1.165) is 0 Å². The third kappa shape index (κ3) is 1.94. The monoisotopic (exact) mass is 213 g/mol. The molecule has 5 heteroatoms.